The third-order valence-electron chi connectivity index (χ3n) is 12.8. The van der Waals surface area contributed by atoms with E-state index < -0.39 is 63.1 Å². The van der Waals surface area contributed by atoms with Gasteiger partial charge in [0.25, 0.3) is 0 Å². The second-order valence-corrected chi connectivity index (χ2v) is 20.5. The summed E-state index contributed by atoms with van der Waals surface area (Å²) in [7, 11) is -5.02. The van der Waals surface area contributed by atoms with Crippen molar-refractivity contribution in [2.45, 2.75) is 288 Å². The Kier molecular flexibility index (Phi) is 41.7. The Hall–Kier alpha value is -1.18. The molecule has 0 aromatic carbocycles. The summed E-state index contributed by atoms with van der Waals surface area (Å²) in [5, 5.41) is 50.3. The van der Waals surface area contributed by atoms with E-state index in [4.69, 9.17) is 18.5 Å². The van der Waals surface area contributed by atoms with Crippen LogP contribution in [-0.4, -0.2) is 98.9 Å². The van der Waals surface area contributed by atoms with Gasteiger partial charge in [-0.1, -0.05) is 218 Å². The SMILES string of the molecule is CCCCCCC/C=C\C/C=C\CCCCCCCCCCCCCCOCC(COP(=O)(O)OC1C(O)C(O)C(O)C(O)C1O)OC(=O)CCCCCCCCCCCCCCCCC. The molecule has 0 bridgehead atoms. The van der Waals surface area contributed by atoms with E-state index in [9.17, 15) is 39.8 Å². The van der Waals surface area contributed by atoms with Crippen LogP contribution in [0.1, 0.15) is 245 Å². The van der Waals surface area contributed by atoms with Crippen LogP contribution < -0.4 is 0 Å². The summed E-state index contributed by atoms with van der Waals surface area (Å²) in [4.78, 5) is 23.2. The minimum Gasteiger partial charge on any atom is -0.457 e. The van der Waals surface area contributed by atoms with Crippen molar-refractivity contribution in [3.8, 4) is 0 Å². The van der Waals surface area contributed by atoms with Crippen LogP contribution in [0.25, 0.3) is 0 Å². The average molecular weight is 961 g/mol. The first-order valence-corrected chi connectivity index (χ1v) is 28.7. The highest BCUT2D eigenvalue weighted by Gasteiger charge is 2.51. The van der Waals surface area contributed by atoms with Crippen LogP contribution in [0.15, 0.2) is 24.3 Å². The molecular weight excluding hydrogens is 860 g/mol. The molecule has 0 aliphatic heterocycles. The molecule has 0 saturated heterocycles. The van der Waals surface area contributed by atoms with Gasteiger partial charge in [-0.25, -0.2) is 4.57 Å². The molecule has 0 spiro atoms. The number of hydrogen-bond donors (Lipinski definition) is 6. The van der Waals surface area contributed by atoms with Gasteiger partial charge in [0.05, 0.1) is 13.2 Å². The van der Waals surface area contributed by atoms with Gasteiger partial charge in [0.1, 0.15) is 42.7 Å². The van der Waals surface area contributed by atoms with E-state index >= 15 is 0 Å². The van der Waals surface area contributed by atoms with Crippen molar-refractivity contribution < 1.29 is 58.3 Å². The lowest BCUT2D eigenvalue weighted by atomic mass is 9.85. The Morgan fingerprint density at radius 3 is 1.27 bits per heavy atom. The van der Waals surface area contributed by atoms with Crippen LogP contribution in [-0.2, 0) is 27.9 Å². The quantitative estimate of drug-likeness (QED) is 0.0147. The molecule has 6 N–H and O–H groups in total. The molecule has 13 heteroatoms. The maximum absolute atomic E-state index is 12.9. The van der Waals surface area contributed by atoms with Crippen molar-refractivity contribution in [2.24, 2.45) is 0 Å². The van der Waals surface area contributed by atoms with Gasteiger partial charge in [-0.05, 0) is 44.9 Å². The number of esters is 1. The molecular formula is C53H101O12P. The first-order valence-electron chi connectivity index (χ1n) is 27.2. The summed E-state index contributed by atoms with van der Waals surface area (Å²) >= 11 is 0. The van der Waals surface area contributed by atoms with Gasteiger partial charge in [0, 0.05) is 13.0 Å². The number of phosphoric ester groups is 1. The largest absolute Gasteiger partial charge is 0.472 e. The summed E-state index contributed by atoms with van der Waals surface area (Å²) in [6.45, 7) is 4.29. The van der Waals surface area contributed by atoms with Crippen molar-refractivity contribution in [2.75, 3.05) is 19.8 Å². The number of allylic oxidation sites excluding steroid dienone is 4. The monoisotopic (exact) mass is 961 g/mol. The van der Waals surface area contributed by atoms with Crippen molar-refractivity contribution in [3.63, 3.8) is 0 Å². The number of carbonyl (C=O) groups excluding carboxylic acids is 1. The normalized spacial score (nSPS) is 21.5. The second-order valence-electron chi connectivity index (χ2n) is 19.1. The van der Waals surface area contributed by atoms with Gasteiger partial charge in [0.15, 0.2) is 0 Å². The molecule has 1 fully saturated rings. The summed E-state index contributed by atoms with van der Waals surface area (Å²) in [5.41, 5.74) is 0. The predicted octanol–water partition coefficient (Wildman–Crippen LogP) is 12.4. The van der Waals surface area contributed by atoms with E-state index in [1.54, 1.807) is 0 Å². The van der Waals surface area contributed by atoms with Crippen molar-refractivity contribution >= 4 is 13.8 Å². The summed E-state index contributed by atoms with van der Waals surface area (Å²) < 4.78 is 34.3. The highest BCUT2D eigenvalue weighted by Crippen LogP contribution is 2.47. The fourth-order valence-electron chi connectivity index (χ4n) is 8.51. The molecule has 1 saturated carbocycles. The Bertz CT molecular complexity index is 1190. The lowest BCUT2D eigenvalue weighted by Crippen LogP contribution is -2.64. The van der Waals surface area contributed by atoms with E-state index in [0.29, 0.717) is 13.0 Å². The van der Waals surface area contributed by atoms with E-state index in [-0.39, 0.29) is 13.0 Å². The molecule has 6 unspecified atom stereocenters. The molecule has 0 aromatic rings. The smallest absolute Gasteiger partial charge is 0.457 e. The lowest BCUT2D eigenvalue weighted by molar-refractivity contribution is -0.220. The molecule has 1 aliphatic carbocycles. The third-order valence-corrected chi connectivity index (χ3v) is 13.8. The zero-order chi connectivity index (χ0) is 48.4. The Labute approximate surface area is 402 Å². The van der Waals surface area contributed by atoms with Gasteiger partial charge >= 0.3 is 13.8 Å². The maximum Gasteiger partial charge on any atom is 0.472 e. The van der Waals surface area contributed by atoms with Crippen LogP contribution in [0, 0.1) is 0 Å². The number of rotatable bonds is 47. The van der Waals surface area contributed by atoms with E-state index in [2.05, 4.69) is 38.2 Å². The Balaban J connectivity index is 2.28. The average Bonchev–Trinajstić information content (AvgIpc) is 3.30. The number of phosphoric acid groups is 1. The standard InChI is InChI=1S/C53H101O12P/c1-3-5-7-9-11-13-15-17-19-20-21-22-23-24-25-26-27-29-31-33-35-37-39-41-43-62-44-46(45-63-66(60,61)65-53-51(58)49(56)48(55)50(57)52(53)59)64-47(54)42-40-38-36-34-32-30-28-18-16-14-12-10-8-6-4-2/h15,17,20-21,46,48-53,55-59H,3-14,16,18-19,22-45H2,1-2H3,(H,60,61)/b17-15-,21-20-. The minimum atomic E-state index is -5.02. The van der Waals surface area contributed by atoms with Gasteiger partial charge < -0.3 is 39.9 Å². The number of aliphatic hydroxyl groups is 5. The first-order chi connectivity index (χ1) is 32.0. The predicted molar refractivity (Wildman–Crippen MR) is 267 cm³/mol. The first kappa shape index (κ1) is 62.8. The van der Waals surface area contributed by atoms with Gasteiger partial charge in [-0.2, -0.15) is 0 Å². The molecule has 0 radical (unpaired) electrons. The van der Waals surface area contributed by atoms with E-state index in [1.165, 1.54) is 173 Å². The van der Waals surface area contributed by atoms with Gasteiger partial charge in [0.2, 0.25) is 0 Å². The summed E-state index contributed by atoms with van der Waals surface area (Å²) in [6.07, 6.45) is 39.6. The van der Waals surface area contributed by atoms with Gasteiger partial charge in [-0.15, -0.1) is 0 Å². The van der Waals surface area contributed by atoms with Crippen LogP contribution in [0.2, 0.25) is 0 Å². The molecule has 6 atom stereocenters. The topological polar surface area (TPSA) is 192 Å². The molecule has 0 heterocycles. The zero-order valence-corrected chi connectivity index (χ0v) is 42.9. The molecule has 1 aliphatic rings. The summed E-state index contributed by atoms with van der Waals surface area (Å²) in [6, 6.07) is 0. The van der Waals surface area contributed by atoms with Crippen molar-refractivity contribution in [3.05, 3.63) is 24.3 Å². The van der Waals surface area contributed by atoms with Gasteiger partial charge in [-0.3, -0.25) is 13.8 Å². The fraction of sp³-hybridized carbons (Fsp3) is 0.906. The molecule has 12 nitrogen and oxygen atoms in total. The van der Waals surface area contributed by atoms with Crippen molar-refractivity contribution in [1.29, 1.82) is 0 Å². The Morgan fingerprint density at radius 2 is 0.848 bits per heavy atom. The van der Waals surface area contributed by atoms with Crippen molar-refractivity contribution in [1.82, 2.24) is 0 Å². The Morgan fingerprint density at radius 1 is 0.485 bits per heavy atom. The number of hydrogen-bond acceptors (Lipinski definition) is 11. The highest BCUT2D eigenvalue weighted by molar-refractivity contribution is 7.47. The molecule has 66 heavy (non-hydrogen) atoms. The highest BCUT2D eigenvalue weighted by atomic mass is 31.2. The maximum atomic E-state index is 12.9. The number of unbranched alkanes of at least 4 members (excludes halogenated alkanes) is 31. The molecule has 390 valence electrons. The third kappa shape index (κ3) is 35.0. The molecule has 0 amide bonds. The fourth-order valence-corrected chi connectivity index (χ4v) is 9.48. The summed E-state index contributed by atoms with van der Waals surface area (Å²) in [5.74, 6) is -0.473. The number of ether oxygens (including phenoxy) is 2. The number of aliphatic hydroxyl groups excluding tert-OH is 5. The van der Waals surface area contributed by atoms with E-state index in [0.717, 1.165) is 44.9 Å². The number of carbonyl (C=O) groups is 1. The van der Waals surface area contributed by atoms with Crippen LogP contribution in [0.3, 0.4) is 0 Å². The lowest BCUT2D eigenvalue weighted by Gasteiger charge is -2.41. The second kappa shape index (κ2) is 43.8. The van der Waals surface area contributed by atoms with Crippen LogP contribution in [0.4, 0.5) is 0 Å². The van der Waals surface area contributed by atoms with Crippen LogP contribution >= 0.6 is 7.82 Å². The van der Waals surface area contributed by atoms with E-state index in [1.807, 2.05) is 0 Å². The molecule has 1 rings (SSSR count). The zero-order valence-electron chi connectivity index (χ0n) is 42.0. The molecule has 0 aromatic heterocycles. The van der Waals surface area contributed by atoms with Crippen LogP contribution in [0.5, 0.6) is 0 Å². The minimum absolute atomic E-state index is 0.0729.